The molecule has 0 unspecified atom stereocenters. The highest BCUT2D eigenvalue weighted by atomic mass is 16.5. The maximum absolute atomic E-state index is 4.92. The Labute approximate surface area is 48.2 Å². The standard InChI is InChI=1S/C6H7NO/c1-3-7-4-2-6-8-5-1/h1-5H,6H2/b4-2-,5-1?,7-3?. The zero-order valence-electron chi connectivity index (χ0n) is 4.45. The molecule has 1 heterocycles. The van der Waals surface area contributed by atoms with Crippen molar-refractivity contribution in [2.45, 2.75) is 0 Å². The van der Waals surface area contributed by atoms with Crippen LogP contribution in [0.15, 0.2) is 29.6 Å². The Kier molecular flexibility index (Phi) is 1.92. The van der Waals surface area contributed by atoms with E-state index in [1.54, 1.807) is 24.8 Å². The molecule has 0 fully saturated rings. The van der Waals surface area contributed by atoms with Crippen LogP contribution in [-0.4, -0.2) is 12.8 Å². The number of nitrogens with zero attached hydrogens (tertiary/aromatic N) is 1. The van der Waals surface area contributed by atoms with E-state index in [2.05, 4.69) is 4.99 Å². The van der Waals surface area contributed by atoms with Crippen LogP contribution < -0.4 is 0 Å². The molecule has 8 heavy (non-hydrogen) atoms. The molecule has 1 aliphatic rings. The molecule has 0 aliphatic carbocycles. The van der Waals surface area contributed by atoms with Crippen LogP contribution in [-0.2, 0) is 4.74 Å². The zero-order valence-corrected chi connectivity index (χ0v) is 4.45. The van der Waals surface area contributed by atoms with Gasteiger partial charge in [0.25, 0.3) is 0 Å². The van der Waals surface area contributed by atoms with Crippen molar-refractivity contribution < 1.29 is 4.74 Å². The van der Waals surface area contributed by atoms with E-state index in [9.17, 15) is 0 Å². The van der Waals surface area contributed by atoms with Crippen LogP contribution in [0.5, 0.6) is 0 Å². The van der Waals surface area contributed by atoms with Crippen LogP contribution >= 0.6 is 0 Å². The normalized spacial score (nSPS) is 21.0. The topological polar surface area (TPSA) is 21.6 Å². The Morgan fingerprint density at radius 3 is 3.50 bits per heavy atom. The summed E-state index contributed by atoms with van der Waals surface area (Å²) in [7, 11) is 0. The van der Waals surface area contributed by atoms with Gasteiger partial charge in [-0.2, -0.15) is 0 Å². The van der Waals surface area contributed by atoms with E-state index in [4.69, 9.17) is 4.74 Å². The van der Waals surface area contributed by atoms with Gasteiger partial charge in [0.15, 0.2) is 0 Å². The van der Waals surface area contributed by atoms with Gasteiger partial charge < -0.3 is 4.74 Å². The third-order valence-corrected chi connectivity index (χ3v) is 0.731. The summed E-state index contributed by atoms with van der Waals surface area (Å²) < 4.78 is 4.92. The molecule has 2 heteroatoms. The Morgan fingerprint density at radius 2 is 2.50 bits per heavy atom. The average molecular weight is 109 g/mol. The van der Waals surface area contributed by atoms with Gasteiger partial charge in [-0.15, -0.1) is 0 Å². The molecule has 0 bridgehead atoms. The Hall–Kier alpha value is -1.05. The molecule has 0 aromatic rings. The van der Waals surface area contributed by atoms with Crippen molar-refractivity contribution in [1.29, 1.82) is 0 Å². The largest absolute Gasteiger partial charge is 0.497 e. The van der Waals surface area contributed by atoms with Gasteiger partial charge >= 0.3 is 0 Å². The number of aliphatic imine (C=N–C) groups is 1. The molecule has 2 nitrogen and oxygen atoms in total. The monoisotopic (exact) mass is 109 g/mol. The molecule has 0 spiro atoms. The summed E-state index contributed by atoms with van der Waals surface area (Å²) in [5, 5.41) is 0. The molecule has 0 saturated carbocycles. The van der Waals surface area contributed by atoms with Crippen LogP contribution in [0, 0.1) is 0 Å². The predicted molar refractivity (Wildman–Crippen MR) is 32.7 cm³/mol. The Bertz CT molecular complexity index is 119. The summed E-state index contributed by atoms with van der Waals surface area (Å²) in [6, 6.07) is 0. The molecule has 0 radical (unpaired) electrons. The number of hydrogen-bond donors (Lipinski definition) is 0. The van der Waals surface area contributed by atoms with Gasteiger partial charge in [0.2, 0.25) is 0 Å². The molecule has 0 aromatic carbocycles. The second-order valence-corrected chi connectivity index (χ2v) is 1.34. The molecule has 0 atom stereocenters. The van der Waals surface area contributed by atoms with Crippen molar-refractivity contribution in [3.05, 3.63) is 24.6 Å². The molecule has 0 saturated heterocycles. The van der Waals surface area contributed by atoms with E-state index >= 15 is 0 Å². The van der Waals surface area contributed by atoms with Crippen molar-refractivity contribution in [2.75, 3.05) is 6.61 Å². The third-order valence-electron chi connectivity index (χ3n) is 0.731. The zero-order chi connectivity index (χ0) is 5.66. The predicted octanol–water partition coefficient (Wildman–Crippen LogP) is 1.11. The second kappa shape index (κ2) is 3.02. The second-order valence-electron chi connectivity index (χ2n) is 1.34. The lowest BCUT2D eigenvalue weighted by molar-refractivity contribution is 0.290. The molecular weight excluding hydrogens is 102 g/mol. The minimum absolute atomic E-state index is 0.619. The molecule has 0 N–H and O–H groups in total. The fourth-order valence-electron chi connectivity index (χ4n) is 0.405. The van der Waals surface area contributed by atoms with E-state index < -0.39 is 0 Å². The van der Waals surface area contributed by atoms with Gasteiger partial charge in [-0.1, -0.05) is 0 Å². The summed E-state index contributed by atoms with van der Waals surface area (Å²) in [5.41, 5.74) is 0. The van der Waals surface area contributed by atoms with E-state index in [1.165, 1.54) is 0 Å². The number of allylic oxidation sites excluding steroid dienone is 1. The molecule has 1 aliphatic heterocycles. The van der Waals surface area contributed by atoms with Crippen LogP contribution in [0.2, 0.25) is 0 Å². The van der Waals surface area contributed by atoms with Gasteiger partial charge in [0.05, 0.1) is 6.26 Å². The molecule has 42 valence electrons. The SMILES string of the molecule is C1=COC/C=C\N=C1. The van der Waals surface area contributed by atoms with Crippen molar-refractivity contribution in [3.8, 4) is 0 Å². The van der Waals surface area contributed by atoms with Gasteiger partial charge in [-0.3, -0.25) is 4.99 Å². The van der Waals surface area contributed by atoms with E-state index in [0.29, 0.717) is 6.61 Å². The first-order valence-corrected chi connectivity index (χ1v) is 2.45. The molecule has 0 amide bonds. The summed E-state index contributed by atoms with van der Waals surface area (Å²) in [6.07, 6.45) is 8.61. The van der Waals surface area contributed by atoms with Crippen molar-refractivity contribution >= 4 is 6.21 Å². The maximum Gasteiger partial charge on any atom is 0.107 e. The van der Waals surface area contributed by atoms with Crippen LogP contribution in [0.4, 0.5) is 0 Å². The lowest BCUT2D eigenvalue weighted by atomic mass is 10.6. The summed E-state index contributed by atoms with van der Waals surface area (Å²) in [5.74, 6) is 0. The highest BCUT2D eigenvalue weighted by Gasteiger charge is 1.74. The first-order chi connectivity index (χ1) is 4.00. The fourth-order valence-corrected chi connectivity index (χ4v) is 0.405. The quantitative estimate of drug-likeness (QED) is 0.456. The lowest BCUT2D eigenvalue weighted by Crippen LogP contribution is -1.82. The van der Waals surface area contributed by atoms with Crippen LogP contribution in [0.1, 0.15) is 0 Å². The van der Waals surface area contributed by atoms with E-state index in [-0.39, 0.29) is 0 Å². The van der Waals surface area contributed by atoms with Gasteiger partial charge in [0.1, 0.15) is 6.61 Å². The summed E-state index contributed by atoms with van der Waals surface area (Å²) >= 11 is 0. The fraction of sp³-hybridized carbons (Fsp3) is 0.167. The van der Waals surface area contributed by atoms with Crippen molar-refractivity contribution in [3.63, 3.8) is 0 Å². The van der Waals surface area contributed by atoms with Crippen LogP contribution in [0.3, 0.4) is 0 Å². The Balaban J connectivity index is 2.51. The van der Waals surface area contributed by atoms with Crippen molar-refractivity contribution in [2.24, 2.45) is 4.99 Å². The smallest absolute Gasteiger partial charge is 0.107 e. The van der Waals surface area contributed by atoms with E-state index in [0.717, 1.165) is 0 Å². The highest BCUT2D eigenvalue weighted by Crippen LogP contribution is 1.83. The maximum atomic E-state index is 4.92. The van der Waals surface area contributed by atoms with Crippen LogP contribution in [0.25, 0.3) is 0 Å². The summed E-state index contributed by atoms with van der Waals surface area (Å²) in [6.45, 7) is 0.619. The third kappa shape index (κ3) is 1.60. The molecular formula is C6H7NO. The van der Waals surface area contributed by atoms with Gasteiger partial charge in [-0.05, 0) is 12.2 Å². The van der Waals surface area contributed by atoms with Gasteiger partial charge in [0, 0.05) is 12.4 Å². The number of ether oxygens (including phenoxy) is 1. The minimum Gasteiger partial charge on any atom is -0.497 e. The average Bonchev–Trinajstić information content (AvgIpc) is 1.62. The first kappa shape index (κ1) is 5.09. The van der Waals surface area contributed by atoms with Crippen molar-refractivity contribution in [1.82, 2.24) is 0 Å². The molecule has 0 aromatic heterocycles. The van der Waals surface area contributed by atoms with E-state index in [1.807, 2.05) is 6.08 Å². The number of rotatable bonds is 0. The molecule has 1 rings (SSSR count). The Morgan fingerprint density at radius 1 is 1.50 bits per heavy atom. The highest BCUT2D eigenvalue weighted by molar-refractivity contribution is 5.71. The minimum atomic E-state index is 0.619. The summed E-state index contributed by atoms with van der Waals surface area (Å²) in [4.78, 5) is 3.86. The van der Waals surface area contributed by atoms with Gasteiger partial charge in [-0.25, -0.2) is 0 Å². The first-order valence-electron chi connectivity index (χ1n) is 2.45. The lowest BCUT2D eigenvalue weighted by Gasteiger charge is -1.92. The number of hydrogen-bond acceptors (Lipinski definition) is 2.